The third-order valence-electron chi connectivity index (χ3n) is 3.82. The van der Waals surface area contributed by atoms with Crippen LogP contribution in [0.15, 0.2) is 18.5 Å². The Morgan fingerprint density at radius 3 is 2.59 bits per heavy atom. The second kappa shape index (κ2) is 6.75. The van der Waals surface area contributed by atoms with Gasteiger partial charge in [-0.15, -0.1) is 0 Å². The molecule has 1 saturated carbocycles. The molecule has 1 aliphatic carbocycles. The van der Waals surface area contributed by atoms with E-state index in [0.29, 0.717) is 0 Å². The van der Waals surface area contributed by atoms with Gasteiger partial charge in [0.1, 0.15) is 0 Å². The van der Waals surface area contributed by atoms with Gasteiger partial charge in [0.25, 0.3) is 0 Å². The molecule has 0 unspecified atom stereocenters. The highest BCUT2D eigenvalue weighted by molar-refractivity contribution is 5.21. The summed E-state index contributed by atoms with van der Waals surface area (Å²) in [5.74, 6) is 0. The van der Waals surface area contributed by atoms with Gasteiger partial charge in [0.05, 0.1) is 0 Å². The Balaban J connectivity index is 1.82. The van der Waals surface area contributed by atoms with Gasteiger partial charge >= 0.3 is 0 Å². The minimum Gasteiger partial charge on any atom is -0.310 e. The van der Waals surface area contributed by atoms with Crippen LogP contribution in [0.4, 0.5) is 0 Å². The standard InChI is InChI=1S/C15H24N2/c1-13-11-16-10-9-14(13)12-17-15-7-5-3-2-4-6-8-15/h9-11,15,17H,2-8,12H2,1H3. The van der Waals surface area contributed by atoms with Gasteiger partial charge in [0.2, 0.25) is 0 Å². The molecule has 17 heavy (non-hydrogen) atoms. The molecule has 1 aromatic rings. The number of hydrogen-bond donors (Lipinski definition) is 1. The Bertz CT molecular complexity index is 327. The lowest BCUT2D eigenvalue weighted by Gasteiger charge is -2.21. The number of hydrogen-bond acceptors (Lipinski definition) is 2. The zero-order chi connectivity index (χ0) is 11.9. The highest BCUT2D eigenvalue weighted by Gasteiger charge is 2.10. The van der Waals surface area contributed by atoms with Gasteiger partial charge < -0.3 is 5.32 Å². The molecule has 0 radical (unpaired) electrons. The second-order valence-corrected chi connectivity index (χ2v) is 5.23. The molecule has 94 valence electrons. The number of nitrogens with zero attached hydrogens (tertiary/aromatic N) is 1. The van der Waals surface area contributed by atoms with Crippen molar-refractivity contribution in [1.82, 2.24) is 10.3 Å². The molecule has 0 saturated heterocycles. The van der Waals surface area contributed by atoms with E-state index in [-0.39, 0.29) is 0 Å². The number of aromatic nitrogens is 1. The Kier molecular flexibility index (Phi) is 4.99. The van der Waals surface area contributed by atoms with Crippen LogP contribution in [0.3, 0.4) is 0 Å². The van der Waals surface area contributed by atoms with E-state index < -0.39 is 0 Å². The van der Waals surface area contributed by atoms with Crippen LogP contribution in [0.5, 0.6) is 0 Å². The maximum Gasteiger partial charge on any atom is 0.0300 e. The third-order valence-corrected chi connectivity index (χ3v) is 3.82. The molecule has 1 aliphatic rings. The average Bonchev–Trinajstić information content (AvgIpc) is 2.29. The summed E-state index contributed by atoms with van der Waals surface area (Å²) in [5, 5.41) is 3.72. The molecule has 2 heteroatoms. The largest absolute Gasteiger partial charge is 0.310 e. The van der Waals surface area contributed by atoms with Crippen LogP contribution >= 0.6 is 0 Å². The Hall–Kier alpha value is -0.890. The predicted molar refractivity (Wildman–Crippen MR) is 71.9 cm³/mol. The molecule has 2 nitrogen and oxygen atoms in total. The first-order valence-electron chi connectivity index (χ1n) is 6.99. The van der Waals surface area contributed by atoms with Crippen molar-refractivity contribution in [3.8, 4) is 0 Å². The van der Waals surface area contributed by atoms with Crippen LogP contribution in [0, 0.1) is 6.92 Å². The van der Waals surface area contributed by atoms with E-state index >= 15 is 0 Å². The zero-order valence-electron chi connectivity index (χ0n) is 10.9. The fourth-order valence-electron chi connectivity index (χ4n) is 2.62. The quantitative estimate of drug-likeness (QED) is 0.861. The van der Waals surface area contributed by atoms with E-state index in [1.165, 1.54) is 56.1 Å². The first-order chi connectivity index (χ1) is 8.36. The van der Waals surface area contributed by atoms with E-state index in [9.17, 15) is 0 Å². The van der Waals surface area contributed by atoms with Gasteiger partial charge in [-0.2, -0.15) is 0 Å². The van der Waals surface area contributed by atoms with Crippen molar-refractivity contribution in [2.75, 3.05) is 0 Å². The molecule has 1 heterocycles. The number of pyridine rings is 1. The van der Waals surface area contributed by atoms with Gasteiger partial charge in [-0.1, -0.05) is 32.1 Å². The minimum absolute atomic E-state index is 0.725. The van der Waals surface area contributed by atoms with Crippen molar-refractivity contribution in [3.05, 3.63) is 29.6 Å². The topological polar surface area (TPSA) is 24.9 Å². The van der Waals surface area contributed by atoms with Crippen LogP contribution in [0.25, 0.3) is 0 Å². The van der Waals surface area contributed by atoms with Crippen LogP contribution in [-0.4, -0.2) is 11.0 Å². The third kappa shape index (κ3) is 4.12. The van der Waals surface area contributed by atoms with Crippen LogP contribution in [0.1, 0.15) is 56.1 Å². The summed E-state index contributed by atoms with van der Waals surface area (Å²) < 4.78 is 0. The van der Waals surface area contributed by atoms with E-state index in [1.807, 2.05) is 12.4 Å². The first kappa shape index (κ1) is 12.6. The fourth-order valence-corrected chi connectivity index (χ4v) is 2.62. The van der Waals surface area contributed by atoms with Crippen LogP contribution in [0.2, 0.25) is 0 Å². The average molecular weight is 232 g/mol. The molecule has 1 N–H and O–H groups in total. The molecule has 0 aliphatic heterocycles. The van der Waals surface area contributed by atoms with E-state index in [4.69, 9.17) is 0 Å². The molecule has 0 atom stereocenters. The SMILES string of the molecule is Cc1cnccc1CNC1CCCCCCC1. The van der Waals surface area contributed by atoms with Crippen molar-refractivity contribution in [2.24, 2.45) is 0 Å². The Labute approximate surface area is 105 Å². The minimum atomic E-state index is 0.725. The summed E-state index contributed by atoms with van der Waals surface area (Å²) in [6.45, 7) is 3.14. The first-order valence-corrected chi connectivity index (χ1v) is 6.99. The Morgan fingerprint density at radius 1 is 1.18 bits per heavy atom. The predicted octanol–water partition coefficient (Wildman–Crippen LogP) is 3.59. The van der Waals surface area contributed by atoms with Crippen molar-refractivity contribution in [2.45, 2.75) is 64.5 Å². The van der Waals surface area contributed by atoms with Gasteiger partial charge in [0.15, 0.2) is 0 Å². The molecule has 1 fully saturated rings. The smallest absolute Gasteiger partial charge is 0.0300 e. The van der Waals surface area contributed by atoms with Gasteiger partial charge in [0, 0.05) is 25.0 Å². The summed E-state index contributed by atoms with van der Waals surface area (Å²) in [7, 11) is 0. The number of aryl methyl sites for hydroxylation is 1. The van der Waals surface area contributed by atoms with E-state index in [2.05, 4.69) is 23.3 Å². The Morgan fingerprint density at radius 2 is 1.88 bits per heavy atom. The molecular weight excluding hydrogens is 208 g/mol. The van der Waals surface area contributed by atoms with E-state index in [1.54, 1.807) is 0 Å². The lowest BCUT2D eigenvalue weighted by molar-refractivity contribution is 0.388. The molecule has 0 spiro atoms. The number of rotatable bonds is 3. The normalized spacial score (nSPS) is 18.6. The zero-order valence-corrected chi connectivity index (χ0v) is 10.9. The summed E-state index contributed by atoms with van der Waals surface area (Å²) in [6.07, 6.45) is 13.6. The molecular formula is C15H24N2. The highest BCUT2D eigenvalue weighted by Crippen LogP contribution is 2.17. The van der Waals surface area contributed by atoms with Crippen LogP contribution in [-0.2, 0) is 6.54 Å². The molecule has 0 amide bonds. The summed E-state index contributed by atoms with van der Waals surface area (Å²) in [6, 6.07) is 2.86. The van der Waals surface area contributed by atoms with Crippen molar-refractivity contribution in [1.29, 1.82) is 0 Å². The maximum absolute atomic E-state index is 4.14. The monoisotopic (exact) mass is 232 g/mol. The van der Waals surface area contributed by atoms with E-state index in [0.717, 1.165) is 12.6 Å². The summed E-state index contributed by atoms with van der Waals surface area (Å²) >= 11 is 0. The molecule has 0 aromatic carbocycles. The molecule has 1 aromatic heterocycles. The lowest BCUT2D eigenvalue weighted by atomic mass is 9.96. The summed E-state index contributed by atoms with van der Waals surface area (Å²) in [4.78, 5) is 4.14. The van der Waals surface area contributed by atoms with Gasteiger partial charge in [-0.25, -0.2) is 0 Å². The maximum atomic E-state index is 4.14. The molecule has 0 bridgehead atoms. The number of nitrogens with one attached hydrogen (secondary N) is 1. The second-order valence-electron chi connectivity index (χ2n) is 5.23. The van der Waals surface area contributed by atoms with Crippen molar-refractivity contribution < 1.29 is 0 Å². The van der Waals surface area contributed by atoms with Gasteiger partial charge in [-0.3, -0.25) is 4.98 Å². The van der Waals surface area contributed by atoms with Gasteiger partial charge in [-0.05, 0) is 37.0 Å². The van der Waals surface area contributed by atoms with Crippen molar-refractivity contribution in [3.63, 3.8) is 0 Å². The summed E-state index contributed by atoms with van der Waals surface area (Å²) in [5.41, 5.74) is 2.69. The van der Waals surface area contributed by atoms with Crippen molar-refractivity contribution >= 4 is 0 Å². The fraction of sp³-hybridized carbons (Fsp3) is 0.667. The highest BCUT2D eigenvalue weighted by atomic mass is 14.9. The van der Waals surface area contributed by atoms with Crippen LogP contribution < -0.4 is 5.32 Å². The molecule has 2 rings (SSSR count). The lowest BCUT2D eigenvalue weighted by Crippen LogP contribution is -2.29.